The Hall–Kier alpha value is -4.78. The molecule has 5 rings (SSSR count). The van der Waals surface area contributed by atoms with Gasteiger partial charge >= 0.3 is 6.09 Å². The Labute approximate surface area is 265 Å². The highest BCUT2D eigenvalue weighted by Gasteiger charge is 2.39. The van der Waals surface area contributed by atoms with Crippen LogP contribution in [0, 0.1) is 0 Å². The van der Waals surface area contributed by atoms with E-state index in [0.717, 1.165) is 11.3 Å². The van der Waals surface area contributed by atoms with E-state index in [1.54, 1.807) is 56.8 Å². The molecule has 1 saturated heterocycles. The van der Waals surface area contributed by atoms with E-state index >= 15 is 0 Å². The largest absolute Gasteiger partial charge is 0.444 e. The van der Waals surface area contributed by atoms with Crippen LogP contribution in [0.15, 0.2) is 67.3 Å². The van der Waals surface area contributed by atoms with E-state index in [-0.39, 0.29) is 12.5 Å². The van der Waals surface area contributed by atoms with E-state index in [0.29, 0.717) is 35.7 Å². The number of ether oxygens (including phenoxy) is 1. The molecule has 1 aliphatic heterocycles. The summed E-state index contributed by atoms with van der Waals surface area (Å²) in [6.45, 7) is 7.38. The zero-order chi connectivity index (χ0) is 32.1. The summed E-state index contributed by atoms with van der Waals surface area (Å²) in [5.41, 5.74) is 2.54. The number of rotatable bonds is 8. The number of hydrogen-bond donors (Lipinski definition) is 2. The van der Waals surface area contributed by atoms with E-state index in [2.05, 4.69) is 31.3 Å². The topological polar surface area (TPSA) is 149 Å². The minimum atomic E-state index is -0.892. The number of carbonyl (C=O) groups excluding carboxylic acids is 3. The van der Waals surface area contributed by atoms with Gasteiger partial charge in [0.05, 0.1) is 11.4 Å². The minimum Gasteiger partial charge on any atom is -0.444 e. The lowest BCUT2D eigenvalue weighted by Crippen LogP contribution is -2.57. The summed E-state index contributed by atoms with van der Waals surface area (Å²) in [7, 11) is 0. The Morgan fingerprint density at radius 2 is 1.93 bits per heavy atom. The number of nitrogens with one attached hydrogen (secondary N) is 2. The molecule has 2 aromatic carbocycles. The fourth-order valence-corrected chi connectivity index (χ4v) is 5.49. The van der Waals surface area contributed by atoms with Crippen LogP contribution >= 0.6 is 11.6 Å². The molecule has 14 heteroatoms. The van der Waals surface area contributed by atoms with Crippen molar-refractivity contribution in [2.75, 3.05) is 6.54 Å². The molecular formula is C31H36ClN9O4. The van der Waals surface area contributed by atoms with Crippen LogP contribution in [0.2, 0.25) is 5.02 Å². The summed E-state index contributed by atoms with van der Waals surface area (Å²) in [6.07, 6.45) is 5.46. The van der Waals surface area contributed by atoms with Crippen molar-refractivity contribution in [1.29, 1.82) is 0 Å². The van der Waals surface area contributed by atoms with Gasteiger partial charge in [0.25, 0.3) is 0 Å². The van der Waals surface area contributed by atoms with E-state index < -0.39 is 35.6 Å². The molecule has 0 radical (unpaired) electrons. The lowest BCUT2D eigenvalue weighted by molar-refractivity contribution is -0.132. The fraction of sp³-hybridized carbons (Fsp3) is 0.387. The van der Waals surface area contributed by atoms with Crippen LogP contribution in [-0.2, 0) is 20.9 Å². The van der Waals surface area contributed by atoms with Gasteiger partial charge in [0.1, 0.15) is 24.0 Å². The maximum absolute atomic E-state index is 13.8. The molecule has 0 bridgehead atoms. The van der Waals surface area contributed by atoms with Gasteiger partial charge in [-0.3, -0.25) is 14.5 Å². The van der Waals surface area contributed by atoms with Gasteiger partial charge in [0.2, 0.25) is 11.8 Å². The number of halogens is 1. The number of hydrogen-bond acceptors (Lipinski definition) is 8. The molecule has 13 nitrogen and oxygen atoms in total. The fourth-order valence-electron chi connectivity index (χ4n) is 5.30. The van der Waals surface area contributed by atoms with Crippen molar-refractivity contribution in [3.8, 4) is 11.4 Å². The number of piperidine rings is 1. The van der Waals surface area contributed by atoms with Gasteiger partial charge < -0.3 is 15.4 Å². The van der Waals surface area contributed by atoms with Crippen molar-refractivity contribution in [1.82, 2.24) is 45.5 Å². The van der Waals surface area contributed by atoms with Crippen LogP contribution < -0.4 is 10.6 Å². The first kappa shape index (κ1) is 31.6. The third-order valence-electron chi connectivity index (χ3n) is 7.49. The zero-order valence-corrected chi connectivity index (χ0v) is 26.3. The van der Waals surface area contributed by atoms with E-state index in [1.807, 2.05) is 36.5 Å². The first-order valence-electron chi connectivity index (χ1n) is 14.7. The number of benzene rings is 2. The second kappa shape index (κ2) is 13.5. The maximum Gasteiger partial charge on any atom is 0.410 e. The SMILES string of the molecule is CC(NC(=O)[C@H]1C[C@@H](c2cccc(-n3cccn3)c2)CCN1C(=O)OC(C)(C)C)C(=O)NCc1cc(Cl)ccc1-n1cnnn1. The first-order chi connectivity index (χ1) is 21.5. The maximum atomic E-state index is 13.8. The lowest BCUT2D eigenvalue weighted by atomic mass is 9.84. The number of likely N-dealkylation sites (tertiary alicyclic amines) is 1. The van der Waals surface area contributed by atoms with Crippen LogP contribution in [0.25, 0.3) is 11.4 Å². The van der Waals surface area contributed by atoms with Crippen LogP contribution in [-0.4, -0.2) is 77.0 Å². The van der Waals surface area contributed by atoms with Gasteiger partial charge in [-0.2, -0.15) is 5.10 Å². The predicted molar refractivity (Wildman–Crippen MR) is 166 cm³/mol. The molecule has 1 fully saturated rings. The summed E-state index contributed by atoms with van der Waals surface area (Å²) in [6, 6.07) is 13.3. The summed E-state index contributed by atoms with van der Waals surface area (Å²) in [5.74, 6) is -0.853. The Morgan fingerprint density at radius 1 is 1.11 bits per heavy atom. The van der Waals surface area contributed by atoms with Crippen molar-refractivity contribution in [3.63, 3.8) is 0 Å². The Morgan fingerprint density at radius 3 is 2.64 bits per heavy atom. The van der Waals surface area contributed by atoms with Crippen LogP contribution in [0.3, 0.4) is 0 Å². The van der Waals surface area contributed by atoms with Gasteiger partial charge in [-0.1, -0.05) is 23.7 Å². The average molecular weight is 634 g/mol. The average Bonchev–Trinajstić information content (AvgIpc) is 3.74. The standard InChI is InChI=1S/C31H36ClN9O4/c1-20(28(42)33-18-23-15-24(32)9-10-26(23)41-19-34-37-38-41)36-29(43)27-17-22(11-14-39(27)30(44)45-31(2,3)4)21-7-5-8-25(16-21)40-13-6-12-35-40/h5-10,12-13,15-16,19-20,22,27H,11,14,17-18H2,1-4H3,(H,33,42)(H,36,43)/t20?,22-,27+/m0/s1. The third-order valence-corrected chi connectivity index (χ3v) is 7.72. The van der Waals surface area contributed by atoms with Crippen molar-refractivity contribution in [2.45, 2.75) is 70.7 Å². The quantitative estimate of drug-likeness (QED) is 0.298. The van der Waals surface area contributed by atoms with Gasteiger partial charge in [-0.05, 0) is 104 Å². The number of carbonyl (C=O) groups is 3. The number of nitrogens with zero attached hydrogens (tertiary/aromatic N) is 7. The van der Waals surface area contributed by atoms with Gasteiger partial charge in [-0.25, -0.2) is 14.2 Å². The molecule has 4 aromatic rings. The van der Waals surface area contributed by atoms with Gasteiger partial charge in [-0.15, -0.1) is 5.10 Å². The Kier molecular flexibility index (Phi) is 9.47. The summed E-state index contributed by atoms with van der Waals surface area (Å²) in [5, 5.41) is 21.7. The number of aromatic nitrogens is 6. The highest BCUT2D eigenvalue weighted by Crippen LogP contribution is 2.33. The molecule has 1 aliphatic rings. The monoisotopic (exact) mass is 633 g/mol. The third kappa shape index (κ3) is 7.85. The van der Waals surface area contributed by atoms with Crippen molar-refractivity contribution < 1.29 is 19.1 Å². The molecule has 0 spiro atoms. The van der Waals surface area contributed by atoms with Gasteiger partial charge in [0, 0.05) is 30.5 Å². The lowest BCUT2D eigenvalue weighted by Gasteiger charge is -2.39. The molecule has 2 aromatic heterocycles. The number of tetrazole rings is 1. The Bertz CT molecular complexity index is 1640. The summed E-state index contributed by atoms with van der Waals surface area (Å²) < 4.78 is 8.89. The number of amides is 3. The Balaban J connectivity index is 1.29. The molecule has 3 heterocycles. The predicted octanol–water partition coefficient (Wildman–Crippen LogP) is 3.81. The summed E-state index contributed by atoms with van der Waals surface area (Å²) >= 11 is 6.20. The second-order valence-electron chi connectivity index (χ2n) is 11.9. The molecule has 3 amide bonds. The normalized spacial score (nSPS) is 17.4. The van der Waals surface area contributed by atoms with E-state index in [9.17, 15) is 14.4 Å². The van der Waals surface area contributed by atoms with Gasteiger partial charge in [0.15, 0.2) is 0 Å². The smallest absolute Gasteiger partial charge is 0.410 e. The van der Waals surface area contributed by atoms with Crippen molar-refractivity contribution in [2.24, 2.45) is 0 Å². The van der Waals surface area contributed by atoms with Crippen LogP contribution in [0.1, 0.15) is 57.6 Å². The van der Waals surface area contributed by atoms with Crippen LogP contribution in [0.4, 0.5) is 4.79 Å². The molecule has 45 heavy (non-hydrogen) atoms. The van der Waals surface area contributed by atoms with Crippen molar-refractivity contribution in [3.05, 3.63) is 83.4 Å². The molecular weight excluding hydrogens is 598 g/mol. The zero-order valence-electron chi connectivity index (χ0n) is 25.6. The molecule has 0 saturated carbocycles. The van der Waals surface area contributed by atoms with E-state index in [4.69, 9.17) is 16.3 Å². The first-order valence-corrected chi connectivity index (χ1v) is 15.1. The molecule has 2 N–H and O–H groups in total. The molecule has 3 atom stereocenters. The van der Waals surface area contributed by atoms with E-state index in [1.165, 1.54) is 15.9 Å². The second-order valence-corrected chi connectivity index (χ2v) is 12.4. The molecule has 236 valence electrons. The molecule has 1 unspecified atom stereocenters. The minimum absolute atomic E-state index is 0.00777. The van der Waals surface area contributed by atoms with Crippen LogP contribution in [0.5, 0.6) is 0 Å². The highest BCUT2D eigenvalue weighted by atomic mass is 35.5. The summed E-state index contributed by atoms with van der Waals surface area (Å²) in [4.78, 5) is 41.6. The molecule has 0 aliphatic carbocycles. The van der Waals surface area contributed by atoms with Crippen molar-refractivity contribution >= 4 is 29.5 Å². The highest BCUT2D eigenvalue weighted by molar-refractivity contribution is 6.30.